The number of allylic oxidation sites excluding steroid dienone is 5. The second-order valence-electron chi connectivity index (χ2n) is 3.98. The summed E-state index contributed by atoms with van der Waals surface area (Å²) in [6, 6.07) is 0. The number of rotatable bonds is 7. The highest BCUT2D eigenvalue weighted by atomic mass is 16.2. The van der Waals surface area contributed by atoms with Crippen LogP contribution in [0.4, 0.5) is 0 Å². The third-order valence-corrected chi connectivity index (χ3v) is 2.36. The second-order valence-corrected chi connectivity index (χ2v) is 3.98. The predicted octanol–water partition coefficient (Wildman–Crippen LogP) is 4.40. The van der Waals surface area contributed by atoms with Crippen molar-refractivity contribution in [2.45, 2.75) is 53.2 Å². The Hall–Kier alpha value is -0.820. The third kappa shape index (κ3) is 9.72. The van der Waals surface area contributed by atoms with Gasteiger partial charge < -0.3 is 5.11 Å². The standard InChI is InChI=1S/C15H26O/c1-13(2)7-5-8-14(3)9-6-10-15(4)11-12-16/h7,9,11,16H,5-6,8,10,12H2,1-4H3/b14-9+,15-11+/i1D3,2D3. The van der Waals surface area contributed by atoms with Crippen molar-refractivity contribution in [3.05, 3.63) is 34.9 Å². The molecule has 16 heavy (non-hydrogen) atoms. The van der Waals surface area contributed by atoms with Crippen molar-refractivity contribution in [1.82, 2.24) is 0 Å². The van der Waals surface area contributed by atoms with Gasteiger partial charge in [-0.25, -0.2) is 0 Å². The lowest BCUT2D eigenvalue weighted by Crippen LogP contribution is -1.82. The fraction of sp³-hybridized carbons (Fsp3) is 0.600. The summed E-state index contributed by atoms with van der Waals surface area (Å²) >= 11 is 0. The number of hydrogen-bond acceptors (Lipinski definition) is 1. The summed E-state index contributed by atoms with van der Waals surface area (Å²) in [5.41, 5.74) is 1.77. The molecule has 0 heterocycles. The maximum Gasteiger partial charge on any atom is 0.0614 e. The maximum atomic E-state index is 8.75. The Morgan fingerprint density at radius 2 is 1.56 bits per heavy atom. The van der Waals surface area contributed by atoms with Gasteiger partial charge in [-0.3, -0.25) is 0 Å². The van der Waals surface area contributed by atoms with Gasteiger partial charge >= 0.3 is 0 Å². The third-order valence-electron chi connectivity index (χ3n) is 2.36. The minimum atomic E-state index is -2.57. The van der Waals surface area contributed by atoms with Crippen LogP contribution >= 0.6 is 0 Å². The van der Waals surface area contributed by atoms with Gasteiger partial charge in [0.25, 0.3) is 0 Å². The maximum absolute atomic E-state index is 8.75. The minimum absolute atomic E-state index is 0.0480. The molecule has 0 bridgehead atoms. The average molecular weight is 228 g/mol. The largest absolute Gasteiger partial charge is 0.392 e. The van der Waals surface area contributed by atoms with Crippen LogP contribution in [-0.2, 0) is 0 Å². The zero-order valence-electron chi connectivity index (χ0n) is 16.2. The van der Waals surface area contributed by atoms with Crippen LogP contribution < -0.4 is 0 Å². The zero-order chi connectivity index (χ0) is 17.4. The molecule has 0 saturated heterocycles. The van der Waals surface area contributed by atoms with E-state index in [4.69, 9.17) is 13.3 Å². The number of aliphatic hydroxyl groups is 1. The molecule has 0 fully saturated rings. The molecule has 0 radical (unpaired) electrons. The highest BCUT2D eigenvalue weighted by molar-refractivity contribution is 5.05. The summed E-state index contributed by atoms with van der Waals surface area (Å²) in [4.78, 5) is 0. The average Bonchev–Trinajstić information content (AvgIpc) is 2.31. The molecular formula is C15H26O. The summed E-state index contributed by atoms with van der Waals surface area (Å²) in [7, 11) is 0. The molecule has 0 aliphatic rings. The van der Waals surface area contributed by atoms with Crippen LogP contribution in [0.1, 0.15) is 61.5 Å². The van der Waals surface area contributed by atoms with Gasteiger partial charge in [0, 0.05) is 8.22 Å². The monoisotopic (exact) mass is 228 g/mol. The molecule has 0 rings (SSSR count). The van der Waals surface area contributed by atoms with Crippen LogP contribution in [0.25, 0.3) is 0 Å². The van der Waals surface area contributed by atoms with Crippen molar-refractivity contribution in [2.24, 2.45) is 0 Å². The summed E-state index contributed by atoms with van der Waals surface area (Å²) in [5.74, 6) is 0. The minimum Gasteiger partial charge on any atom is -0.392 e. The molecule has 92 valence electrons. The lowest BCUT2D eigenvalue weighted by Gasteiger charge is -2.00. The van der Waals surface area contributed by atoms with Crippen LogP contribution in [0, 0.1) is 0 Å². The lowest BCUT2D eigenvalue weighted by atomic mass is 10.1. The van der Waals surface area contributed by atoms with Gasteiger partial charge in [0.15, 0.2) is 0 Å². The van der Waals surface area contributed by atoms with E-state index in [0.717, 1.165) is 24.0 Å². The molecule has 1 N–H and O–H groups in total. The second kappa shape index (κ2) is 9.41. The molecular weight excluding hydrogens is 196 g/mol. The van der Waals surface area contributed by atoms with E-state index in [0.29, 0.717) is 12.8 Å². The van der Waals surface area contributed by atoms with Crippen molar-refractivity contribution in [2.75, 3.05) is 6.61 Å². The molecule has 0 aromatic rings. The van der Waals surface area contributed by atoms with E-state index in [1.54, 1.807) is 6.08 Å². The summed E-state index contributed by atoms with van der Waals surface area (Å²) < 4.78 is 43.8. The van der Waals surface area contributed by atoms with E-state index in [1.807, 2.05) is 13.8 Å². The Morgan fingerprint density at radius 1 is 1.00 bits per heavy atom. The van der Waals surface area contributed by atoms with E-state index in [2.05, 4.69) is 6.08 Å². The quantitative estimate of drug-likeness (QED) is 0.640. The van der Waals surface area contributed by atoms with E-state index >= 15 is 0 Å². The topological polar surface area (TPSA) is 20.2 Å². The van der Waals surface area contributed by atoms with Crippen LogP contribution in [0.15, 0.2) is 34.9 Å². The first-order chi connectivity index (χ1) is 9.98. The molecule has 0 spiro atoms. The Morgan fingerprint density at radius 3 is 2.12 bits per heavy atom. The van der Waals surface area contributed by atoms with Gasteiger partial charge in [-0.2, -0.15) is 0 Å². The molecule has 0 aliphatic heterocycles. The molecule has 1 heteroatoms. The molecule has 1 nitrogen and oxygen atoms in total. The van der Waals surface area contributed by atoms with Crippen LogP contribution in [0.5, 0.6) is 0 Å². The highest BCUT2D eigenvalue weighted by Crippen LogP contribution is 2.10. The smallest absolute Gasteiger partial charge is 0.0614 e. The van der Waals surface area contributed by atoms with Gasteiger partial charge in [-0.05, 0) is 53.2 Å². The van der Waals surface area contributed by atoms with Gasteiger partial charge in [0.1, 0.15) is 0 Å². The summed E-state index contributed by atoms with van der Waals surface area (Å²) in [6.07, 6.45) is 7.91. The van der Waals surface area contributed by atoms with Crippen molar-refractivity contribution in [1.29, 1.82) is 0 Å². The Kier molecular flexibility index (Phi) is 4.41. The molecule has 0 unspecified atom stereocenters. The number of hydrogen-bond donors (Lipinski definition) is 1. The van der Waals surface area contributed by atoms with Gasteiger partial charge in [-0.1, -0.05) is 34.9 Å². The highest BCUT2D eigenvalue weighted by Gasteiger charge is 1.91. The molecule has 0 aromatic carbocycles. The van der Waals surface area contributed by atoms with E-state index in [-0.39, 0.29) is 6.61 Å². The van der Waals surface area contributed by atoms with E-state index in [1.165, 1.54) is 6.08 Å². The summed E-state index contributed by atoms with van der Waals surface area (Å²) in [6.45, 7) is -1.19. The zero-order valence-corrected chi connectivity index (χ0v) is 10.2. The van der Waals surface area contributed by atoms with Crippen molar-refractivity contribution in [3.63, 3.8) is 0 Å². The first-order valence-corrected chi connectivity index (χ1v) is 5.61. The van der Waals surface area contributed by atoms with Gasteiger partial charge in [0.05, 0.1) is 6.61 Å². The predicted molar refractivity (Wildman–Crippen MR) is 72.5 cm³/mol. The first kappa shape index (κ1) is 7.50. The van der Waals surface area contributed by atoms with Crippen LogP contribution in [0.3, 0.4) is 0 Å². The van der Waals surface area contributed by atoms with Crippen molar-refractivity contribution >= 4 is 0 Å². The lowest BCUT2D eigenvalue weighted by molar-refractivity contribution is 0.341. The molecule has 0 atom stereocenters. The van der Waals surface area contributed by atoms with Crippen LogP contribution in [0.2, 0.25) is 0 Å². The molecule has 0 amide bonds. The molecule has 0 aliphatic carbocycles. The fourth-order valence-corrected chi connectivity index (χ4v) is 1.35. The summed E-state index contributed by atoms with van der Waals surface area (Å²) in [5, 5.41) is 8.75. The Bertz CT molecular complexity index is 410. The van der Waals surface area contributed by atoms with Crippen molar-refractivity contribution in [3.8, 4) is 0 Å². The fourth-order valence-electron chi connectivity index (χ4n) is 1.35. The normalized spacial score (nSPS) is 19.9. The first-order valence-electron chi connectivity index (χ1n) is 8.61. The van der Waals surface area contributed by atoms with E-state index < -0.39 is 19.3 Å². The van der Waals surface area contributed by atoms with Gasteiger partial charge in [0.2, 0.25) is 0 Å². The van der Waals surface area contributed by atoms with Gasteiger partial charge in [-0.15, -0.1) is 0 Å². The SMILES string of the molecule is [2H]C([2H])([2H])C(=CCC/C(C)=C/CC/C(C)=C/CO)C([2H])([2H])[2H]. The van der Waals surface area contributed by atoms with Crippen molar-refractivity contribution < 1.29 is 13.3 Å². The van der Waals surface area contributed by atoms with Crippen LogP contribution in [-0.4, -0.2) is 11.7 Å². The Labute approximate surface area is 109 Å². The van der Waals surface area contributed by atoms with E-state index in [9.17, 15) is 0 Å². The Balaban J connectivity index is 4.53. The molecule has 0 aromatic heterocycles. The molecule has 0 saturated carbocycles. The number of aliphatic hydroxyl groups excluding tert-OH is 1.